The number of hydrogen-bond acceptors (Lipinski definition) is 4. The number of aromatic nitrogens is 1. The van der Waals surface area contributed by atoms with E-state index in [0.717, 1.165) is 11.4 Å². The van der Waals surface area contributed by atoms with Gasteiger partial charge in [0.15, 0.2) is 0 Å². The highest BCUT2D eigenvalue weighted by atomic mass is 32.1. The number of thiophene rings is 1. The number of nitrogens with zero attached hydrogens (tertiary/aromatic N) is 3. The Morgan fingerprint density at radius 3 is 2.36 bits per heavy atom. The number of anilines is 2. The van der Waals surface area contributed by atoms with Crippen molar-refractivity contribution in [1.29, 1.82) is 5.26 Å². The summed E-state index contributed by atoms with van der Waals surface area (Å²) in [6.07, 6.45) is 4.19. The zero-order chi connectivity index (χ0) is 20.9. The fourth-order valence-corrected chi connectivity index (χ4v) is 6.02. The third-order valence-corrected chi connectivity index (χ3v) is 7.66. The average Bonchev–Trinajstić information content (AvgIpc) is 2.98. The summed E-state index contributed by atoms with van der Waals surface area (Å²) in [6, 6.07) is 6.33. The van der Waals surface area contributed by atoms with Crippen LogP contribution in [0.3, 0.4) is 0 Å². The van der Waals surface area contributed by atoms with E-state index in [0.29, 0.717) is 5.57 Å². The molecule has 0 saturated carbocycles. The van der Waals surface area contributed by atoms with Crippen LogP contribution in [0.1, 0.15) is 76.0 Å². The Bertz CT molecular complexity index is 939. The van der Waals surface area contributed by atoms with E-state index in [1.54, 1.807) is 6.20 Å². The molecule has 0 saturated heterocycles. The van der Waals surface area contributed by atoms with E-state index >= 15 is 0 Å². The van der Waals surface area contributed by atoms with Crippen LogP contribution in [-0.4, -0.2) is 11.0 Å². The molecule has 1 aliphatic carbocycles. The Labute approximate surface area is 173 Å². The van der Waals surface area contributed by atoms with Crippen LogP contribution >= 0.6 is 11.3 Å². The molecule has 3 nitrogen and oxygen atoms in total. The molecule has 0 bridgehead atoms. The van der Waals surface area contributed by atoms with Crippen LogP contribution in [0.5, 0.6) is 0 Å². The van der Waals surface area contributed by atoms with Crippen LogP contribution in [0.2, 0.25) is 0 Å². The number of fused-ring (bicyclic) bond motifs is 1. The molecule has 2 aromatic heterocycles. The van der Waals surface area contributed by atoms with Crippen molar-refractivity contribution >= 4 is 27.7 Å². The molecule has 2 aromatic rings. The average molecular weight is 394 g/mol. The third-order valence-electron chi connectivity index (χ3n) is 6.00. The van der Waals surface area contributed by atoms with Gasteiger partial charge < -0.3 is 4.90 Å². The second-order valence-electron chi connectivity index (χ2n) is 9.46. The maximum Gasteiger partial charge on any atom is 0.133 e. The number of nitriles is 1. The van der Waals surface area contributed by atoms with E-state index in [1.165, 1.54) is 33.8 Å². The Morgan fingerprint density at radius 2 is 1.86 bits per heavy atom. The highest BCUT2D eigenvalue weighted by Gasteiger charge is 2.41. The summed E-state index contributed by atoms with van der Waals surface area (Å²) in [4.78, 5) is 8.55. The molecule has 0 radical (unpaired) electrons. The van der Waals surface area contributed by atoms with Crippen molar-refractivity contribution < 1.29 is 0 Å². The third kappa shape index (κ3) is 3.37. The number of rotatable bonds is 4. The maximum absolute atomic E-state index is 9.07. The van der Waals surface area contributed by atoms with Crippen LogP contribution in [0.25, 0.3) is 5.57 Å². The van der Waals surface area contributed by atoms with E-state index in [1.807, 2.05) is 23.5 Å². The van der Waals surface area contributed by atoms with E-state index < -0.39 is 0 Å². The quantitative estimate of drug-likeness (QED) is 0.531. The molecule has 1 aliphatic rings. The predicted octanol–water partition coefficient (Wildman–Crippen LogP) is 6.88. The Kier molecular flexibility index (Phi) is 5.18. The molecule has 0 unspecified atom stereocenters. The molecule has 148 valence electrons. The SMILES string of the molecule is C=C(C#N)c1ccc(N(c2sc3c(c2C)C(C)(C)CCC3(C)C)C(C)C)nc1. The molecule has 0 amide bonds. The summed E-state index contributed by atoms with van der Waals surface area (Å²) in [7, 11) is 0. The number of hydrogen-bond donors (Lipinski definition) is 0. The lowest BCUT2D eigenvalue weighted by molar-refractivity contribution is 0.337. The van der Waals surface area contributed by atoms with Gasteiger partial charge in [0.05, 0.1) is 11.6 Å². The standard InChI is InChI=1S/C24H31N3S/c1-15(2)27(19-10-9-18(14-26-19)16(3)13-25)22-17(4)20-21(28-22)24(7,8)12-11-23(20,5)6/h9-10,14-15H,3,11-12H2,1-2,4-8H3. The maximum atomic E-state index is 9.07. The van der Waals surface area contributed by atoms with Gasteiger partial charge in [-0.25, -0.2) is 4.98 Å². The molecule has 3 rings (SSSR count). The molecule has 4 heteroatoms. The van der Waals surface area contributed by atoms with Crippen LogP contribution < -0.4 is 4.90 Å². The molecule has 0 aliphatic heterocycles. The molecule has 0 spiro atoms. The lowest BCUT2D eigenvalue weighted by Crippen LogP contribution is -2.32. The van der Waals surface area contributed by atoms with Gasteiger partial charge in [0.1, 0.15) is 10.8 Å². The van der Waals surface area contributed by atoms with Gasteiger partial charge in [-0.2, -0.15) is 5.26 Å². The normalized spacial score (nSPS) is 17.1. The van der Waals surface area contributed by atoms with Crippen LogP contribution in [0.15, 0.2) is 24.9 Å². The van der Waals surface area contributed by atoms with E-state index in [-0.39, 0.29) is 16.9 Å². The molecule has 0 aromatic carbocycles. The Hall–Kier alpha value is -2.12. The molecule has 0 fully saturated rings. The Morgan fingerprint density at radius 1 is 1.21 bits per heavy atom. The smallest absolute Gasteiger partial charge is 0.133 e. The topological polar surface area (TPSA) is 39.9 Å². The van der Waals surface area contributed by atoms with E-state index in [4.69, 9.17) is 5.26 Å². The predicted molar refractivity (Wildman–Crippen MR) is 121 cm³/mol. The zero-order valence-electron chi connectivity index (χ0n) is 18.2. The first-order valence-electron chi connectivity index (χ1n) is 9.98. The van der Waals surface area contributed by atoms with Gasteiger partial charge in [0.25, 0.3) is 0 Å². The first-order chi connectivity index (χ1) is 13.0. The van der Waals surface area contributed by atoms with Gasteiger partial charge in [-0.3, -0.25) is 0 Å². The molecule has 0 N–H and O–H groups in total. The van der Waals surface area contributed by atoms with E-state index in [2.05, 4.69) is 71.0 Å². The zero-order valence-corrected chi connectivity index (χ0v) is 19.0. The number of pyridine rings is 1. The lowest BCUT2D eigenvalue weighted by atomic mass is 9.66. The molecular weight excluding hydrogens is 362 g/mol. The van der Waals surface area contributed by atoms with Gasteiger partial charge in [0, 0.05) is 22.7 Å². The van der Waals surface area contributed by atoms with Gasteiger partial charge in [-0.1, -0.05) is 34.3 Å². The van der Waals surface area contributed by atoms with Gasteiger partial charge in [0.2, 0.25) is 0 Å². The minimum atomic E-state index is 0.203. The summed E-state index contributed by atoms with van der Waals surface area (Å²) >= 11 is 1.93. The van der Waals surface area contributed by atoms with Crippen molar-refractivity contribution in [3.8, 4) is 6.07 Å². The number of allylic oxidation sites excluding steroid dienone is 1. The molecule has 28 heavy (non-hydrogen) atoms. The van der Waals surface area contributed by atoms with Gasteiger partial charge >= 0.3 is 0 Å². The summed E-state index contributed by atoms with van der Waals surface area (Å²) in [5.41, 5.74) is 4.56. The van der Waals surface area contributed by atoms with Crippen molar-refractivity contribution in [2.45, 2.75) is 78.2 Å². The second kappa shape index (κ2) is 7.04. The highest BCUT2D eigenvalue weighted by Crippen LogP contribution is 2.54. The first-order valence-corrected chi connectivity index (χ1v) is 10.8. The van der Waals surface area contributed by atoms with Crippen molar-refractivity contribution in [1.82, 2.24) is 4.98 Å². The second-order valence-corrected chi connectivity index (χ2v) is 10.5. The highest BCUT2D eigenvalue weighted by molar-refractivity contribution is 7.16. The van der Waals surface area contributed by atoms with Crippen molar-refractivity contribution in [3.05, 3.63) is 46.5 Å². The lowest BCUT2D eigenvalue weighted by Gasteiger charge is -2.39. The van der Waals surface area contributed by atoms with E-state index in [9.17, 15) is 0 Å². The largest absolute Gasteiger partial charge is 0.315 e. The fraction of sp³-hybridized carbons (Fsp3) is 0.500. The summed E-state index contributed by atoms with van der Waals surface area (Å²) in [5, 5.41) is 10.4. The summed E-state index contributed by atoms with van der Waals surface area (Å²) in [5.74, 6) is 0.918. The molecular formula is C24H31N3S. The van der Waals surface area contributed by atoms with Gasteiger partial charge in [-0.05, 0) is 67.7 Å². The first kappa shape index (κ1) is 20.6. The van der Waals surface area contributed by atoms with Crippen LogP contribution in [0.4, 0.5) is 10.8 Å². The minimum absolute atomic E-state index is 0.203. The fourth-order valence-electron chi connectivity index (χ4n) is 4.26. The van der Waals surface area contributed by atoms with Crippen molar-refractivity contribution in [3.63, 3.8) is 0 Å². The molecule has 2 heterocycles. The van der Waals surface area contributed by atoms with Crippen molar-refractivity contribution in [2.75, 3.05) is 4.90 Å². The van der Waals surface area contributed by atoms with Crippen LogP contribution in [0, 0.1) is 18.3 Å². The summed E-state index contributed by atoms with van der Waals surface area (Å²) in [6.45, 7) is 20.0. The minimum Gasteiger partial charge on any atom is -0.315 e. The van der Waals surface area contributed by atoms with Gasteiger partial charge in [-0.15, -0.1) is 11.3 Å². The monoisotopic (exact) mass is 393 g/mol. The van der Waals surface area contributed by atoms with Crippen molar-refractivity contribution in [2.24, 2.45) is 0 Å². The van der Waals surface area contributed by atoms with Crippen LogP contribution in [-0.2, 0) is 10.8 Å². The summed E-state index contributed by atoms with van der Waals surface area (Å²) < 4.78 is 0. The Balaban J connectivity index is 2.14. The molecule has 0 atom stereocenters.